The second kappa shape index (κ2) is 37.0. The summed E-state index contributed by atoms with van der Waals surface area (Å²) < 4.78 is 17.2. The van der Waals surface area contributed by atoms with Crippen LogP contribution in [0, 0.1) is 0 Å². The molecule has 8 nitrogen and oxygen atoms in total. The molecule has 0 heterocycles. The number of unbranched alkanes of at least 4 members (excludes halogenated alkanes) is 24. The highest BCUT2D eigenvalue weighted by Crippen LogP contribution is 2.15. The molecule has 0 aromatic heterocycles. The second-order valence-electron chi connectivity index (χ2n) is 16.3. The number of carbonyl (C=O) groups excluding carboxylic acids is 3. The molecule has 0 spiro atoms. The van der Waals surface area contributed by atoms with Crippen LogP contribution in [0.3, 0.4) is 0 Å². The van der Waals surface area contributed by atoms with Crippen molar-refractivity contribution in [3.8, 4) is 0 Å². The fourth-order valence-electron chi connectivity index (χ4n) is 6.65. The van der Waals surface area contributed by atoms with E-state index >= 15 is 0 Å². The Kier molecular flexibility index (Phi) is 35.7. The summed E-state index contributed by atoms with van der Waals surface area (Å²) in [5, 5.41) is 11.6. The van der Waals surface area contributed by atoms with Crippen molar-refractivity contribution in [2.75, 3.05) is 41.0 Å². The molecule has 53 heavy (non-hydrogen) atoms. The van der Waals surface area contributed by atoms with Gasteiger partial charge in [0.05, 0.1) is 40.3 Å². The summed E-state index contributed by atoms with van der Waals surface area (Å²) in [5.41, 5.74) is 0. The number of hydrogen-bond donors (Lipinski definition) is 0. The summed E-state index contributed by atoms with van der Waals surface area (Å²) in [6.07, 6.45) is 38.0. The van der Waals surface area contributed by atoms with Gasteiger partial charge in [-0.15, -0.1) is 0 Å². The first-order valence-electron chi connectivity index (χ1n) is 22.2. The van der Waals surface area contributed by atoms with Gasteiger partial charge in [0.25, 0.3) is 0 Å². The number of hydrogen-bond acceptors (Lipinski definition) is 7. The van der Waals surface area contributed by atoms with Crippen LogP contribution in [0.4, 0.5) is 0 Å². The quantitative estimate of drug-likeness (QED) is 0.0266. The SMILES string of the molecule is CCCCC/C=C\CCCCCCCC(=O)OC(COCCC(C(=O)[O-])[N+](C)(C)C)COC(=O)CCCCCCCCCCCCCCCCCCC. The van der Waals surface area contributed by atoms with Crippen molar-refractivity contribution >= 4 is 17.9 Å². The van der Waals surface area contributed by atoms with E-state index in [1.165, 1.54) is 122 Å². The molecule has 312 valence electrons. The third kappa shape index (κ3) is 35.5. The number of allylic oxidation sites excluding steroid dienone is 2. The van der Waals surface area contributed by atoms with Gasteiger partial charge >= 0.3 is 11.9 Å². The summed E-state index contributed by atoms with van der Waals surface area (Å²) in [4.78, 5) is 36.8. The molecule has 8 heteroatoms. The van der Waals surface area contributed by atoms with E-state index in [1.54, 1.807) is 21.1 Å². The van der Waals surface area contributed by atoms with Crippen molar-refractivity contribution < 1.29 is 38.2 Å². The Morgan fingerprint density at radius 1 is 0.547 bits per heavy atom. The average molecular weight is 752 g/mol. The Hall–Kier alpha value is -1.93. The summed E-state index contributed by atoms with van der Waals surface area (Å²) in [5.74, 6) is -1.73. The molecule has 2 atom stereocenters. The van der Waals surface area contributed by atoms with Crippen LogP contribution in [0.1, 0.15) is 206 Å². The largest absolute Gasteiger partial charge is 0.544 e. The number of likely N-dealkylation sites (N-methyl/N-ethyl adjacent to an activating group) is 1. The molecular weight excluding hydrogens is 666 g/mol. The predicted octanol–water partition coefficient (Wildman–Crippen LogP) is 10.6. The highest BCUT2D eigenvalue weighted by atomic mass is 16.6. The van der Waals surface area contributed by atoms with E-state index in [0.717, 1.165) is 51.4 Å². The van der Waals surface area contributed by atoms with Crippen LogP contribution in [0.2, 0.25) is 0 Å². The summed E-state index contributed by atoms with van der Waals surface area (Å²) >= 11 is 0. The number of rotatable bonds is 40. The van der Waals surface area contributed by atoms with Crippen molar-refractivity contribution in [2.45, 2.75) is 219 Å². The number of aliphatic carboxylic acids is 1. The van der Waals surface area contributed by atoms with Crippen molar-refractivity contribution in [3.05, 3.63) is 12.2 Å². The van der Waals surface area contributed by atoms with Crippen molar-refractivity contribution in [2.24, 2.45) is 0 Å². The molecule has 0 saturated carbocycles. The van der Waals surface area contributed by atoms with E-state index in [9.17, 15) is 19.5 Å². The van der Waals surface area contributed by atoms with Crippen LogP contribution >= 0.6 is 0 Å². The maximum Gasteiger partial charge on any atom is 0.306 e. The zero-order valence-corrected chi connectivity index (χ0v) is 35.4. The van der Waals surface area contributed by atoms with Gasteiger partial charge in [-0.1, -0.05) is 161 Å². The van der Waals surface area contributed by atoms with Crippen molar-refractivity contribution in [1.82, 2.24) is 0 Å². The van der Waals surface area contributed by atoms with Gasteiger partial charge in [0.2, 0.25) is 0 Å². The Morgan fingerprint density at radius 2 is 0.943 bits per heavy atom. The van der Waals surface area contributed by atoms with Gasteiger partial charge in [-0.3, -0.25) is 9.59 Å². The molecule has 0 radical (unpaired) electrons. The number of nitrogens with zero attached hydrogens (tertiary/aromatic N) is 1. The Bertz CT molecular complexity index is 885. The molecule has 0 bridgehead atoms. The molecular formula is C45H85NO7. The summed E-state index contributed by atoms with van der Waals surface area (Å²) in [7, 11) is 5.41. The van der Waals surface area contributed by atoms with Gasteiger partial charge in [-0.05, 0) is 38.5 Å². The first kappa shape index (κ1) is 51.1. The molecule has 0 aromatic carbocycles. The normalized spacial score (nSPS) is 13.0. The van der Waals surface area contributed by atoms with E-state index < -0.39 is 18.1 Å². The van der Waals surface area contributed by atoms with Gasteiger partial charge in [0.15, 0.2) is 6.10 Å². The van der Waals surface area contributed by atoms with E-state index in [-0.39, 0.29) is 42.7 Å². The molecule has 0 aliphatic carbocycles. The highest BCUT2D eigenvalue weighted by molar-refractivity contribution is 5.70. The molecule has 0 N–H and O–H groups in total. The minimum atomic E-state index is -1.12. The molecule has 0 amide bonds. The minimum Gasteiger partial charge on any atom is -0.544 e. The van der Waals surface area contributed by atoms with Crippen LogP contribution in [0.5, 0.6) is 0 Å². The molecule has 2 unspecified atom stereocenters. The molecule has 0 aromatic rings. The van der Waals surface area contributed by atoms with Gasteiger partial charge in [0.1, 0.15) is 12.6 Å². The van der Waals surface area contributed by atoms with Gasteiger partial charge in [0, 0.05) is 19.3 Å². The highest BCUT2D eigenvalue weighted by Gasteiger charge is 2.25. The fraction of sp³-hybridized carbons (Fsp3) is 0.889. The minimum absolute atomic E-state index is 0.0427. The van der Waals surface area contributed by atoms with Crippen LogP contribution in [-0.2, 0) is 28.6 Å². The monoisotopic (exact) mass is 752 g/mol. The third-order valence-corrected chi connectivity index (χ3v) is 10.2. The zero-order chi connectivity index (χ0) is 39.3. The Labute approximate surface area is 327 Å². The first-order chi connectivity index (χ1) is 25.6. The topological polar surface area (TPSA) is 102 Å². The summed E-state index contributed by atoms with van der Waals surface area (Å²) in [6.45, 7) is 4.65. The second-order valence-corrected chi connectivity index (χ2v) is 16.3. The number of quaternary nitrogens is 1. The molecule has 0 saturated heterocycles. The Morgan fingerprint density at radius 3 is 1.40 bits per heavy atom. The number of ether oxygens (including phenoxy) is 3. The Balaban J connectivity index is 4.28. The summed E-state index contributed by atoms with van der Waals surface area (Å²) in [6, 6.07) is -0.722. The predicted molar refractivity (Wildman–Crippen MR) is 217 cm³/mol. The lowest BCUT2D eigenvalue weighted by Crippen LogP contribution is -2.55. The number of carbonyl (C=O) groups is 3. The molecule has 0 fully saturated rings. The maximum atomic E-state index is 12.7. The van der Waals surface area contributed by atoms with Crippen LogP contribution in [-0.4, -0.2) is 75.5 Å². The van der Waals surface area contributed by atoms with E-state index in [4.69, 9.17) is 14.2 Å². The van der Waals surface area contributed by atoms with Gasteiger partial charge < -0.3 is 28.6 Å². The van der Waals surface area contributed by atoms with Gasteiger partial charge in [-0.25, -0.2) is 0 Å². The standard InChI is InChI=1S/C45H85NO7/c1-6-8-10-12-14-16-18-20-21-22-23-24-26-27-29-31-33-35-43(47)52-40-41(39-51-38-37-42(45(49)50)46(3,4)5)53-44(48)36-34-32-30-28-25-19-17-15-13-11-9-7-2/h15,17,41-42H,6-14,16,18-40H2,1-5H3/b17-15-. The number of esters is 2. The molecule has 0 aliphatic heterocycles. The molecule has 0 aliphatic rings. The lowest BCUT2D eigenvalue weighted by molar-refractivity contribution is -0.889. The lowest BCUT2D eigenvalue weighted by Gasteiger charge is -2.34. The molecule has 0 rings (SSSR count). The zero-order valence-electron chi connectivity index (χ0n) is 35.4. The van der Waals surface area contributed by atoms with Crippen LogP contribution in [0.25, 0.3) is 0 Å². The smallest absolute Gasteiger partial charge is 0.306 e. The van der Waals surface area contributed by atoms with Crippen LogP contribution in [0.15, 0.2) is 12.2 Å². The third-order valence-electron chi connectivity index (χ3n) is 10.2. The number of carboxylic acids is 1. The first-order valence-corrected chi connectivity index (χ1v) is 22.2. The van der Waals surface area contributed by atoms with E-state index in [0.29, 0.717) is 12.8 Å². The van der Waals surface area contributed by atoms with Crippen molar-refractivity contribution in [1.29, 1.82) is 0 Å². The van der Waals surface area contributed by atoms with E-state index in [2.05, 4.69) is 26.0 Å². The maximum absolute atomic E-state index is 12.7. The van der Waals surface area contributed by atoms with Crippen molar-refractivity contribution in [3.63, 3.8) is 0 Å². The van der Waals surface area contributed by atoms with Crippen LogP contribution < -0.4 is 5.11 Å². The fourth-order valence-corrected chi connectivity index (χ4v) is 6.65. The van der Waals surface area contributed by atoms with Gasteiger partial charge in [-0.2, -0.15) is 0 Å². The average Bonchev–Trinajstić information content (AvgIpc) is 3.11. The number of carboxylic acid groups (broad SMARTS) is 1. The van der Waals surface area contributed by atoms with E-state index in [1.807, 2.05) is 0 Å². The lowest BCUT2D eigenvalue weighted by atomic mass is 10.0.